The fourth-order valence-corrected chi connectivity index (χ4v) is 3.61. The van der Waals surface area contributed by atoms with E-state index >= 15 is 0 Å². The summed E-state index contributed by atoms with van der Waals surface area (Å²) in [5.74, 6) is 1.43. The molecule has 1 aliphatic carbocycles. The van der Waals surface area contributed by atoms with Crippen molar-refractivity contribution >= 4 is 5.91 Å². The molecule has 0 aromatic carbocycles. The molecule has 2 fully saturated rings. The van der Waals surface area contributed by atoms with E-state index in [1.807, 2.05) is 0 Å². The predicted molar refractivity (Wildman–Crippen MR) is 74.4 cm³/mol. The van der Waals surface area contributed by atoms with Crippen molar-refractivity contribution in [2.75, 3.05) is 19.6 Å². The highest BCUT2D eigenvalue weighted by Gasteiger charge is 2.33. The molecule has 0 aromatic heterocycles. The Bertz CT molecular complexity index is 274. The SMILES string of the molecule is CCNC1CCN(C(=O)C2CCCC2)CC1CC. The maximum absolute atomic E-state index is 12.4. The monoisotopic (exact) mass is 252 g/mol. The summed E-state index contributed by atoms with van der Waals surface area (Å²) in [6, 6.07) is 0.618. The third-order valence-corrected chi connectivity index (χ3v) is 4.74. The Morgan fingerprint density at radius 3 is 2.56 bits per heavy atom. The Labute approximate surface area is 111 Å². The number of hydrogen-bond donors (Lipinski definition) is 1. The molecule has 0 radical (unpaired) electrons. The summed E-state index contributed by atoms with van der Waals surface area (Å²) < 4.78 is 0. The second-order valence-corrected chi connectivity index (χ2v) is 5.89. The molecule has 3 nitrogen and oxygen atoms in total. The molecular formula is C15H28N2O. The van der Waals surface area contributed by atoms with Gasteiger partial charge in [-0.2, -0.15) is 0 Å². The summed E-state index contributed by atoms with van der Waals surface area (Å²) in [6.45, 7) is 7.39. The van der Waals surface area contributed by atoms with E-state index in [1.165, 1.54) is 19.3 Å². The highest BCUT2D eigenvalue weighted by Crippen LogP contribution is 2.29. The van der Waals surface area contributed by atoms with Crippen LogP contribution in [0.15, 0.2) is 0 Å². The number of rotatable bonds is 4. The lowest BCUT2D eigenvalue weighted by Crippen LogP contribution is -2.51. The summed E-state index contributed by atoms with van der Waals surface area (Å²) in [5, 5.41) is 3.58. The van der Waals surface area contributed by atoms with Crippen molar-refractivity contribution in [1.29, 1.82) is 0 Å². The summed E-state index contributed by atoms with van der Waals surface area (Å²) in [5.41, 5.74) is 0. The van der Waals surface area contributed by atoms with Crippen molar-refractivity contribution in [2.45, 2.75) is 58.4 Å². The topological polar surface area (TPSA) is 32.3 Å². The van der Waals surface area contributed by atoms with Gasteiger partial charge in [-0.05, 0) is 31.7 Å². The Morgan fingerprint density at radius 2 is 1.94 bits per heavy atom. The van der Waals surface area contributed by atoms with Crippen LogP contribution in [0.1, 0.15) is 52.4 Å². The molecule has 2 rings (SSSR count). The largest absolute Gasteiger partial charge is 0.342 e. The zero-order valence-corrected chi connectivity index (χ0v) is 12.0. The molecule has 18 heavy (non-hydrogen) atoms. The number of carbonyl (C=O) groups is 1. The molecule has 1 amide bonds. The van der Waals surface area contributed by atoms with Gasteiger partial charge in [0.2, 0.25) is 5.91 Å². The third-order valence-electron chi connectivity index (χ3n) is 4.74. The van der Waals surface area contributed by atoms with Crippen LogP contribution in [0.3, 0.4) is 0 Å². The summed E-state index contributed by atoms with van der Waals surface area (Å²) in [7, 11) is 0. The second-order valence-electron chi connectivity index (χ2n) is 5.89. The molecule has 1 aliphatic heterocycles. The van der Waals surface area contributed by atoms with E-state index in [0.717, 1.165) is 38.9 Å². The minimum Gasteiger partial charge on any atom is -0.342 e. The van der Waals surface area contributed by atoms with Gasteiger partial charge in [0.15, 0.2) is 0 Å². The van der Waals surface area contributed by atoms with Crippen LogP contribution in [-0.4, -0.2) is 36.5 Å². The molecule has 0 spiro atoms. The molecule has 2 atom stereocenters. The van der Waals surface area contributed by atoms with Gasteiger partial charge in [-0.1, -0.05) is 33.1 Å². The maximum atomic E-state index is 12.4. The van der Waals surface area contributed by atoms with Crippen molar-refractivity contribution in [3.8, 4) is 0 Å². The number of piperidine rings is 1. The lowest BCUT2D eigenvalue weighted by atomic mass is 9.89. The summed E-state index contributed by atoms with van der Waals surface area (Å²) >= 11 is 0. The van der Waals surface area contributed by atoms with Crippen LogP contribution in [0.25, 0.3) is 0 Å². The molecule has 1 saturated heterocycles. The quantitative estimate of drug-likeness (QED) is 0.833. The molecule has 2 unspecified atom stereocenters. The van der Waals surface area contributed by atoms with E-state index < -0.39 is 0 Å². The Morgan fingerprint density at radius 1 is 1.22 bits per heavy atom. The molecule has 1 N–H and O–H groups in total. The standard InChI is InChI=1S/C15H28N2O/c1-3-12-11-17(10-9-14(12)16-4-2)15(18)13-7-5-6-8-13/h12-14,16H,3-11H2,1-2H3. The first-order valence-electron chi connectivity index (χ1n) is 7.78. The third kappa shape index (κ3) is 3.05. The lowest BCUT2D eigenvalue weighted by molar-refractivity contribution is -0.137. The van der Waals surface area contributed by atoms with Gasteiger partial charge in [0.1, 0.15) is 0 Å². The predicted octanol–water partition coefficient (Wildman–Crippen LogP) is 2.41. The van der Waals surface area contributed by atoms with E-state index in [0.29, 0.717) is 23.8 Å². The first-order valence-corrected chi connectivity index (χ1v) is 7.78. The molecule has 1 saturated carbocycles. The minimum atomic E-state index is 0.346. The molecule has 104 valence electrons. The van der Waals surface area contributed by atoms with Crippen molar-refractivity contribution in [3.63, 3.8) is 0 Å². The van der Waals surface area contributed by atoms with Gasteiger partial charge in [-0.15, -0.1) is 0 Å². The number of amides is 1. The van der Waals surface area contributed by atoms with Crippen LogP contribution >= 0.6 is 0 Å². The molecule has 3 heteroatoms. The van der Waals surface area contributed by atoms with E-state index in [1.54, 1.807) is 0 Å². The van der Waals surface area contributed by atoms with Crippen LogP contribution in [0.2, 0.25) is 0 Å². The molecule has 1 heterocycles. The fraction of sp³-hybridized carbons (Fsp3) is 0.933. The average Bonchev–Trinajstić information content (AvgIpc) is 2.92. The Balaban J connectivity index is 1.90. The number of likely N-dealkylation sites (tertiary alicyclic amines) is 1. The number of hydrogen-bond acceptors (Lipinski definition) is 2. The van der Waals surface area contributed by atoms with Gasteiger partial charge in [-0.3, -0.25) is 4.79 Å². The highest BCUT2D eigenvalue weighted by atomic mass is 16.2. The normalized spacial score (nSPS) is 29.8. The average molecular weight is 252 g/mol. The molecule has 0 bridgehead atoms. The van der Waals surface area contributed by atoms with Gasteiger partial charge >= 0.3 is 0 Å². The molecule has 0 aromatic rings. The van der Waals surface area contributed by atoms with Gasteiger partial charge < -0.3 is 10.2 Å². The van der Waals surface area contributed by atoms with Crippen LogP contribution < -0.4 is 5.32 Å². The number of nitrogens with zero attached hydrogens (tertiary/aromatic N) is 1. The van der Waals surface area contributed by atoms with E-state index in [9.17, 15) is 4.79 Å². The maximum Gasteiger partial charge on any atom is 0.225 e. The van der Waals surface area contributed by atoms with E-state index in [2.05, 4.69) is 24.1 Å². The second kappa shape index (κ2) is 6.55. The molecule has 2 aliphatic rings. The van der Waals surface area contributed by atoms with Crippen LogP contribution in [-0.2, 0) is 4.79 Å². The fourth-order valence-electron chi connectivity index (χ4n) is 3.61. The van der Waals surface area contributed by atoms with Crippen LogP contribution in [0.5, 0.6) is 0 Å². The minimum absolute atomic E-state index is 0.346. The van der Waals surface area contributed by atoms with Gasteiger partial charge in [-0.25, -0.2) is 0 Å². The van der Waals surface area contributed by atoms with Gasteiger partial charge in [0.05, 0.1) is 0 Å². The van der Waals surface area contributed by atoms with Gasteiger partial charge in [0, 0.05) is 25.0 Å². The highest BCUT2D eigenvalue weighted by molar-refractivity contribution is 5.79. The van der Waals surface area contributed by atoms with Gasteiger partial charge in [0.25, 0.3) is 0 Å². The Kier molecular flexibility index (Phi) is 5.04. The van der Waals surface area contributed by atoms with Crippen molar-refractivity contribution in [1.82, 2.24) is 10.2 Å². The first kappa shape index (κ1) is 13.9. The summed E-state index contributed by atoms with van der Waals surface area (Å²) in [4.78, 5) is 14.6. The van der Waals surface area contributed by atoms with Crippen molar-refractivity contribution in [2.24, 2.45) is 11.8 Å². The first-order chi connectivity index (χ1) is 8.76. The van der Waals surface area contributed by atoms with Crippen LogP contribution in [0, 0.1) is 11.8 Å². The molecular weight excluding hydrogens is 224 g/mol. The lowest BCUT2D eigenvalue weighted by Gasteiger charge is -2.39. The van der Waals surface area contributed by atoms with Crippen molar-refractivity contribution < 1.29 is 4.79 Å². The van der Waals surface area contributed by atoms with Crippen LogP contribution in [0.4, 0.5) is 0 Å². The van der Waals surface area contributed by atoms with E-state index in [4.69, 9.17) is 0 Å². The zero-order chi connectivity index (χ0) is 13.0. The zero-order valence-electron chi connectivity index (χ0n) is 12.0. The smallest absolute Gasteiger partial charge is 0.225 e. The summed E-state index contributed by atoms with van der Waals surface area (Å²) in [6.07, 6.45) is 7.06. The number of nitrogens with one attached hydrogen (secondary N) is 1. The van der Waals surface area contributed by atoms with E-state index in [-0.39, 0.29) is 0 Å². The Hall–Kier alpha value is -0.570. The van der Waals surface area contributed by atoms with Crippen molar-refractivity contribution in [3.05, 3.63) is 0 Å². The number of carbonyl (C=O) groups excluding carboxylic acids is 1.